The lowest BCUT2D eigenvalue weighted by atomic mass is 10.0. The maximum Gasteiger partial charge on any atom is 0.141 e. The van der Waals surface area contributed by atoms with Crippen LogP contribution in [-0.4, -0.2) is 9.97 Å². The lowest BCUT2D eigenvalue weighted by Gasteiger charge is -2.14. The van der Waals surface area contributed by atoms with Gasteiger partial charge in [0.1, 0.15) is 18.2 Å². The molecule has 0 saturated heterocycles. The molecule has 0 spiro atoms. The first kappa shape index (κ1) is 15.9. The van der Waals surface area contributed by atoms with E-state index in [0.29, 0.717) is 5.69 Å². The molecule has 0 amide bonds. The van der Waals surface area contributed by atoms with Gasteiger partial charge in [-0.2, -0.15) is 5.26 Å². The largest absolute Gasteiger partial charge is 0.366 e. The second-order valence-electron chi connectivity index (χ2n) is 5.08. The molecule has 0 aliphatic heterocycles. The number of hydrogen-bond acceptors (Lipinski definition) is 4. The minimum Gasteiger partial charge on any atom is -0.366 e. The Balaban J connectivity index is 1.81. The van der Waals surface area contributed by atoms with Crippen LogP contribution < -0.4 is 5.32 Å². The third-order valence-electron chi connectivity index (χ3n) is 3.50. The van der Waals surface area contributed by atoms with Gasteiger partial charge in [0, 0.05) is 23.6 Å². The minimum atomic E-state index is -0.576. The molecule has 24 heavy (non-hydrogen) atoms. The summed E-state index contributed by atoms with van der Waals surface area (Å²) in [4.78, 5) is 7.97. The van der Waals surface area contributed by atoms with E-state index in [0.717, 1.165) is 16.7 Å². The van der Waals surface area contributed by atoms with Gasteiger partial charge >= 0.3 is 0 Å². The van der Waals surface area contributed by atoms with E-state index in [2.05, 4.69) is 21.4 Å². The monoisotopic (exact) mass is 338 g/mol. The van der Waals surface area contributed by atoms with Crippen LogP contribution in [0.4, 0.5) is 10.1 Å². The first-order valence-corrected chi connectivity index (χ1v) is 7.52. The Morgan fingerprint density at radius 1 is 1.04 bits per heavy atom. The van der Waals surface area contributed by atoms with Gasteiger partial charge in [0.15, 0.2) is 0 Å². The number of aromatic nitrogens is 2. The molecule has 0 radical (unpaired) electrons. The maximum atomic E-state index is 13.2. The van der Waals surface area contributed by atoms with Crippen molar-refractivity contribution in [3.8, 4) is 17.2 Å². The molecule has 1 aromatic heterocycles. The molecule has 3 aromatic rings. The fourth-order valence-electron chi connectivity index (χ4n) is 2.26. The summed E-state index contributed by atoms with van der Waals surface area (Å²) < 4.78 is 13.2. The highest BCUT2D eigenvalue weighted by molar-refractivity contribution is 6.31. The third-order valence-corrected chi connectivity index (χ3v) is 3.79. The number of nitrogens with zero attached hydrogens (tertiary/aromatic N) is 3. The third kappa shape index (κ3) is 3.50. The van der Waals surface area contributed by atoms with E-state index in [9.17, 15) is 9.65 Å². The van der Waals surface area contributed by atoms with Crippen molar-refractivity contribution >= 4 is 17.3 Å². The fourth-order valence-corrected chi connectivity index (χ4v) is 2.44. The van der Waals surface area contributed by atoms with Gasteiger partial charge in [0.25, 0.3) is 0 Å². The fraction of sp³-hybridized carbons (Fsp3) is 0.0556. The number of anilines is 1. The Morgan fingerprint density at radius 2 is 1.75 bits per heavy atom. The standard InChI is InChI=1S/C18H12ClFN4/c19-16-7-15(5-6-17(16)20)24-18(8-21)13-3-1-12(2-4-13)14-9-22-11-23-10-14/h1-7,9-11,18,24H. The molecule has 2 aromatic carbocycles. The molecule has 6 heteroatoms. The highest BCUT2D eigenvalue weighted by atomic mass is 35.5. The number of rotatable bonds is 4. The van der Waals surface area contributed by atoms with Gasteiger partial charge in [-0.3, -0.25) is 0 Å². The molecule has 1 unspecified atom stereocenters. The van der Waals surface area contributed by atoms with E-state index >= 15 is 0 Å². The molecule has 1 N–H and O–H groups in total. The quantitative estimate of drug-likeness (QED) is 0.754. The van der Waals surface area contributed by atoms with Crippen LogP contribution in [0.1, 0.15) is 11.6 Å². The van der Waals surface area contributed by atoms with Crippen LogP contribution in [0.3, 0.4) is 0 Å². The van der Waals surface area contributed by atoms with E-state index in [1.165, 1.54) is 18.5 Å². The van der Waals surface area contributed by atoms with Crippen LogP contribution in [0.15, 0.2) is 61.2 Å². The lowest BCUT2D eigenvalue weighted by Crippen LogP contribution is -2.08. The van der Waals surface area contributed by atoms with Gasteiger partial charge in [-0.15, -0.1) is 0 Å². The normalized spacial score (nSPS) is 11.5. The van der Waals surface area contributed by atoms with Crippen LogP contribution in [0.2, 0.25) is 5.02 Å². The van der Waals surface area contributed by atoms with Gasteiger partial charge in [0.05, 0.1) is 11.1 Å². The molecule has 0 bridgehead atoms. The molecule has 0 saturated carbocycles. The van der Waals surface area contributed by atoms with E-state index in [1.807, 2.05) is 24.3 Å². The summed E-state index contributed by atoms with van der Waals surface area (Å²) in [6.45, 7) is 0. The topological polar surface area (TPSA) is 61.6 Å². The average Bonchev–Trinajstić information content (AvgIpc) is 2.63. The van der Waals surface area contributed by atoms with Gasteiger partial charge in [0.2, 0.25) is 0 Å². The van der Waals surface area contributed by atoms with Crippen LogP contribution >= 0.6 is 11.6 Å². The smallest absolute Gasteiger partial charge is 0.141 e. The number of nitriles is 1. The minimum absolute atomic E-state index is 0.0103. The van der Waals surface area contributed by atoms with Crippen molar-refractivity contribution < 1.29 is 4.39 Å². The van der Waals surface area contributed by atoms with Crippen molar-refractivity contribution in [2.24, 2.45) is 0 Å². The highest BCUT2D eigenvalue weighted by Gasteiger charge is 2.11. The summed E-state index contributed by atoms with van der Waals surface area (Å²) in [5.74, 6) is -0.495. The zero-order valence-corrected chi connectivity index (χ0v) is 13.2. The number of hydrogen-bond donors (Lipinski definition) is 1. The average molecular weight is 339 g/mol. The number of benzene rings is 2. The Kier molecular flexibility index (Phi) is 4.69. The van der Waals surface area contributed by atoms with Crippen LogP contribution in [0, 0.1) is 17.1 Å². The SMILES string of the molecule is N#CC(Nc1ccc(F)c(Cl)c1)c1ccc(-c2cncnc2)cc1. The number of halogens is 2. The predicted molar refractivity (Wildman–Crippen MR) is 90.9 cm³/mol. The van der Waals surface area contributed by atoms with Crippen LogP contribution in [0.5, 0.6) is 0 Å². The second kappa shape index (κ2) is 7.07. The number of nitrogens with one attached hydrogen (secondary N) is 1. The summed E-state index contributed by atoms with van der Waals surface area (Å²) in [5, 5.41) is 12.5. The molecule has 0 aliphatic carbocycles. The molecular formula is C18H12ClFN4. The van der Waals surface area contributed by atoms with Crippen molar-refractivity contribution in [2.75, 3.05) is 5.32 Å². The molecule has 3 rings (SSSR count). The van der Waals surface area contributed by atoms with Gasteiger partial charge in [-0.25, -0.2) is 14.4 Å². The van der Waals surface area contributed by atoms with Gasteiger partial charge < -0.3 is 5.32 Å². The maximum absolute atomic E-state index is 13.2. The summed E-state index contributed by atoms with van der Waals surface area (Å²) in [7, 11) is 0. The first-order chi connectivity index (χ1) is 11.7. The Labute approximate surface area is 143 Å². The van der Waals surface area contributed by atoms with E-state index < -0.39 is 11.9 Å². The van der Waals surface area contributed by atoms with Crippen LogP contribution in [-0.2, 0) is 0 Å². The summed E-state index contributed by atoms with van der Waals surface area (Å²) >= 11 is 5.77. The predicted octanol–water partition coefficient (Wildman–Crippen LogP) is 4.61. The summed E-state index contributed by atoms with van der Waals surface area (Å²) in [6.07, 6.45) is 4.92. The van der Waals surface area contributed by atoms with E-state index in [4.69, 9.17) is 11.6 Å². The van der Waals surface area contributed by atoms with Gasteiger partial charge in [-0.1, -0.05) is 35.9 Å². The van der Waals surface area contributed by atoms with Crippen molar-refractivity contribution in [3.05, 3.63) is 77.6 Å². The zero-order chi connectivity index (χ0) is 16.9. The Morgan fingerprint density at radius 3 is 2.38 bits per heavy atom. The van der Waals surface area contributed by atoms with E-state index in [1.54, 1.807) is 18.5 Å². The molecule has 0 aliphatic rings. The van der Waals surface area contributed by atoms with Crippen molar-refractivity contribution in [3.63, 3.8) is 0 Å². The summed E-state index contributed by atoms with van der Waals surface area (Å²) in [5.41, 5.74) is 3.23. The van der Waals surface area contributed by atoms with Gasteiger partial charge in [-0.05, 0) is 29.3 Å². The Bertz CT molecular complexity index is 876. The summed E-state index contributed by atoms with van der Waals surface area (Å²) in [6, 6.07) is 13.4. The first-order valence-electron chi connectivity index (χ1n) is 7.14. The molecule has 118 valence electrons. The van der Waals surface area contributed by atoms with Crippen molar-refractivity contribution in [1.29, 1.82) is 5.26 Å². The molecule has 4 nitrogen and oxygen atoms in total. The molecule has 1 heterocycles. The van der Waals surface area contributed by atoms with Crippen LogP contribution in [0.25, 0.3) is 11.1 Å². The highest BCUT2D eigenvalue weighted by Crippen LogP contribution is 2.25. The van der Waals surface area contributed by atoms with E-state index in [-0.39, 0.29) is 5.02 Å². The lowest BCUT2D eigenvalue weighted by molar-refractivity contribution is 0.628. The second-order valence-corrected chi connectivity index (χ2v) is 5.49. The van der Waals surface area contributed by atoms with Crippen molar-refractivity contribution in [1.82, 2.24) is 9.97 Å². The molecule has 1 atom stereocenters. The van der Waals surface area contributed by atoms with Crippen molar-refractivity contribution in [2.45, 2.75) is 6.04 Å². The molecular weight excluding hydrogens is 327 g/mol. The Hall–Kier alpha value is -2.97. The zero-order valence-electron chi connectivity index (χ0n) is 12.4. The molecule has 0 fully saturated rings.